The molecular weight excluding hydrogens is 156 g/mol. The summed E-state index contributed by atoms with van der Waals surface area (Å²) in [5.41, 5.74) is 0. The van der Waals surface area contributed by atoms with E-state index in [9.17, 15) is 0 Å². The molecule has 0 aliphatic heterocycles. The van der Waals surface area contributed by atoms with Gasteiger partial charge in [-0.2, -0.15) is 0 Å². The minimum absolute atomic E-state index is 0.305. The SMILES string of the molecule is CC#CCCC(C)CC(C)Cl. The summed E-state index contributed by atoms with van der Waals surface area (Å²) in [5, 5.41) is 0.305. The number of halogens is 1. The van der Waals surface area contributed by atoms with Crippen molar-refractivity contribution in [2.24, 2.45) is 5.92 Å². The molecule has 0 radical (unpaired) electrons. The maximum absolute atomic E-state index is 5.85. The van der Waals surface area contributed by atoms with Crippen LogP contribution in [0.1, 0.15) is 40.0 Å². The van der Waals surface area contributed by atoms with Crippen LogP contribution in [0.3, 0.4) is 0 Å². The van der Waals surface area contributed by atoms with Gasteiger partial charge in [-0.1, -0.05) is 6.92 Å². The molecule has 0 N–H and O–H groups in total. The molecular formula is C10H17Cl. The first-order valence-electron chi connectivity index (χ1n) is 4.20. The highest BCUT2D eigenvalue weighted by Crippen LogP contribution is 2.15. The third-order valence-corrected chi connectivity index (χ3v) is 1.84. The van der Waals surface area contributed by atoms with E-state index in [1.54, 1.807) is 0 Å². The van der Waals surface area contributed by atoms with Crippen molar-refractivity contribution in [1.82, 2.24) is 0 Å². The van der Waals surface area contributed by atoms with E-state index in [-0.39, 0.29) is 0 Å². The summed E-state index contributed by atoms with van der Waals surface area (Å²) < 4.78 is 0. The third-order valence-electron chi connectivity index (χ3n) is 1.67. The number of rotatable bonds is 4. The lowest BCUT2D eigenvalue weighted by molar-refractivity contribution is 0.497. The maximum atomic E-state index is 5.85. The van der Waals surface area contributed by atoms with Gasteiger partial charge in [0.15, 0.2) is 0 Å². The van der Waals surface area contributed by atoms with Crippen molar-refractivity contribution in [2.45, 2.75) is 45.4 Å². The average Bonchev–Trinajstić information content (AvgIpc) is 1.86. The molecule has 0 amide bonds. The van der Waals surface area contributed by atoms with Gasteiger partial charge in [0.2, 0.25) is 0 Å². The van der Waals surface area contributed by atoms with Crippen LogP contribution in [-0.4, -0.2) is 5.38 Å². The van der Waals surface area contributed by atoms with E-state index in [0.717, 1.165) is 12.8 Å². The summed E-state index contributed by atoms with van der Waals surface area (Å²) in [6, 6.07) is 0. The molecule has 0 spiro atoms. The van der Waals surface area contributed by atoms with Gasteiger partial charge in [0, 0.05) is 11.8 Å². The molecule has 2 unspecified atom stereocenters. The number of hydrogen-bond donors (Lipinski definition) is 0. The lowest BCUT2D eigenvalue weighted by Gasteiger charge is -2.09. The summed E-state index contributed by atoms with van der Waals surface area (Å²) in [5.74, 6) is 6.66. The molecule has 0 rings (SSSR count). The molecule has 0 aromatic carbocycles. The molecule has 1 heteroatoms. The minimum atomic E-state index is 0.305. The Morgan fingerprint density at radius 1 is 1.36 bits per heavy atom. The Balaban J connectivity index is 3.34. The first-order valence-corrected chi connectivity index (χ1v) is 4.64. The zero-order valence-corrected chi connectivity index (χ0v) is 8.41. The standard InChI is InChI=1S/C10H17Cl/c1-4-5-6-7-9(2)8-10(3)11/h9-10H,6-8H2,1-3H3. The van der Waals surface area contributed by atoms with Crippen molar-refractivity contribution < 1.29 is 0 Å². The molecule has 0 saturated carbocycles. The average molecular weight is 173 g/mol. The summed E-state index contributed by atoms with van der Waals surface area (Å²) in [6.07, 6.45) is 3.30. The Kier molecular flexibility index (Phi) is 6.46. The van der Waals surface area contributed by atoms with Gasteiger partial charge < -0.3 is 0 Å². The predicted octanol–water partition coefficient (Wildman–Crippen LogP) is 3.44. The summed E-state index contributed by atoms with van der Waals surface area (Å²) in [6.45, 7) is 6.16. The van der Waals surface area contributed by atoms with Crippen molar-refractivity contribution in [3.63, 3.8) is 0 Å². The number of alkyl halides is 1. The van der Waals surface area contributed by atoms with Crippen LogP contribution in [0.5, 0.6) is 0 Å². The Morgan fingerprint density at radius 2 is 2.00 bits per heavy atom. The van der Waals surface area contributed by atoms with E-state index < -0.39 is 0 Å². The molecule has 0 aliphatic rings. The van der Waals surface area contributed by atoms with Crippen LogP contribution in [0, 0.1) is 17.8 Å². The Hall–Kier alpha value is -0.150. The largest absolute Gasteiger partial charge is 0.123 e. The smallest absolute Gasteiger partial charge is 0.0310 e. The molecule has 0 heterocycles. The van der Waals surface area contributed by atoms with Gasteiger partial charge in [0.25, 0.3) is 0 Å². The monoisotopic (exact) mass is 172 g/mol. The first-order chi connectivity index (χ1) is 5.16. The molecule has 0 saturated heterocycles. The van der Waals surface area contributed by atoms with Crippen LogP contribution in [0.4, 0.5) is 0 Å². The van der Waals surface area contributed by atoms with Gasteiger partial charge in [-0.15, -0.1) is 23.4 Å². The van der Waals surface area contributed by atoms with Crippen molar-refractivity contribution in [3.8, 4) is 11.8 Å². The van der Waals surface area contributed by atoms with E-state index in [4.69, 9.17) is 11.6 Å². The predicted molar refractivity (Wildman–Crippen MR) is 51.8 cm³/mol. The van der Waals surface area contributed by atoms with Gasteiger partial charge in [-0.3, -0.25) is 0 Å². The van der Waals surface area contributed by atoms with Crippen molar-refractivity contribution in [1.29, 1.82) is 0 Å². The second-order valence-corrected chi connectivity index (χ2v) is 3.83. The molecule has 0 aliphatic carbocycles. The topological polar surface area (TPSA) is 0 Å². The van der Waals surface area contributed by atoms with E-state index >= 15 is 0 Å². The van der Waals surface area contributed by atoms with Crippen molar-refractivity contribution in [3.05, 3.63) is 0 Å². The zero-order valence-electron chi connectivity index (χ0n) is 7.65. The molecule has 0 aromatic heterocycles. The summed E-state index contributed by atoms with van der Waals surface area (Å²) in [7, 11) is 0. The van der Waals surface area contributed by atoms with Gasteiger partial charge in [0.05, 0.1) is 0 Å². The lowest BCUT2D eigenvalue weighted by Crippen LogP contribution is -2.01. The van der Waals surface area contributed by atoms with E-state index in [1.165, 1.54) is 6.42 Å². The van der Waals surface area contributed by atoms with Crippen LogP contribution in [0.25, 0.3) is 0 Å². The lowest BCUT2D eigenvalue weighted by atomic mass is 10.0. The highest BCUT2D eigenvalue weighted by Gasteiger charge is 2.04. The van der Waals surface area contributed by atoms with Crippen LogP contribution < -0.4 is 0 Å². The molecule has 2 atom stereocenters. The third kappa shape index (κ3) is 7.75. The Bertz CT molecular complexity index is 139. The van der Waals surface area contributed by atoms with Gasteiger partial charge in [0.1, 0.15) is 0 Å². The molecule has 0 aromatic rings. The second-order valence-electron chi connectivity index (χ2n) is 3.09. The second kappa shape index (κ2) is 6.55. The van der Waals surface area contributed by atoms with E-state index in [1.807, 2.05) is 13.8 Å². The summed E-state index contributed by atoms with van der Waals surface area (Å²) in [4.78, 5) is 0. The minimum Gasteiger partial charge on any atom is -0.123 e. The van der Waals surface area contributed by atoms with Crippen LogP contribution in [0.2, 0.25) is 0 Å². The fourth-order valence-electron chi connectivity index (χ4n) is 1.12. The molecule has 0 bridgehead atoms. The molecule has 64 valence electrons. The van der Waals surface area contributed by atoms with Gasteiger partial charge >= 0.3 is 0 Å². The first kappa shape index (κ1) is 10.8. The summed E-state index contributed by atoms with van der Waals surface area (Å²) >= 11 is 5.85. The Morgan fingerprint density at radius 3 is 2.45 bits per heavy atom. The highest BCUT2D eigenvalue weighted by molar-refractivity contribution is 6.20. The normalized spacial score (nSPS) is 14.9. The zero-order chi connectivity index (χ0) is 8.69. The van der Waals surface area contributed by atoms with Gasteiger partial charge in [-0.25, -0.2) is 0 Å². The Labute approximate surface area is 75.3 Å². The van der Waals surface area contributed by atoms with Gasteiger partial charge in [-0.05, 0) is 32.6 Å². The molecule has 0 fully saturated rings. The molecule has 11 heavy (non-hydrogen) atoms. The van der Waals surface area contributed by atoms with E-state index in [2.05, 4.69) is 18.8 Å². The van der Waals surface area contributed by atoms with Crippen molar-refractivity contribution in [2.75, 3.05) is 0 Å². The quantitative estimate of drug-likeness (QED) is 0.450. The fourth-order valence-corrected chi connectivity index (χ4v) is 1.42. The van der Waals surface area contributed by atoms with Crippen LogP contribution >= 0.6 is 11.6 Å². The maximum Gasteiger partial charge on any atom is 0.0310 e. The van der Waals surface area contributed by atoms with Crippen LogP contribution in [-0.2, 0) is 0 Å². The number of hydrogen-bond acceptors (Lipinski definition) is 0. The van der Waals surface area contributed by atoms with E-state index in [0.29, 0.717) is 11.3 Å². The highest BCUT2D eigenvalue weighted by atomic mass is 35.5. The molecule has 0 nitrogen and oxygen atoms in total. The van der Waals surface area contributed by atoms with Crippen LogP contribution in [0.15, 0.2) is 0 Å². The van der Waals surface area contributed by atoms with Crippen molar-refractivity contribution >= 4 is 11.6 Å². The fraction of sp³-hybridized carbons (Fsp3) is 0.800.